The Morgan fingerprint density at radius 2 is 1.77 bits per heavy atom. The monoisotopic (exact) mass is 569 g/mol. The third-order valence-electron chi connectivity index (χ3n) is 9.65. The predicted octanol–water partition coefficient (Wildman–Crippen LogP) is 2.64. The molecule has 0 aromatic carbocycles. The normalized spacial score (nSPS) is 49.8. The highest BCUT2D eigenvalue weighted by Gasteiger charge is 2.65. The summed E-state index contributed by atoms with van der Waals surface area (Å²) < 4.78 is 38.3. The first-order valence-corrected chi connectivity index (χ1v) is 14.8. The molecule has 4 aliphatic rings. The lowest BCUT2D eigenvalue weighted by Gasteiger charge is -2.47. The van der Waals surface area contributed by atoms with E-state index in [0.29, 0.717) is 19.3 Å². The molecule has 3 unspecified atom stereocenters. The van der Waals surface area contributed by atoms with Gasteiger partial charge in [0.2, 0.25) is 0 Å². The van der Waals surface area contributed by atoms with Crippen LogP contribution in [0.5, 0.6) is 0 Å². The van der Waals surface area contributed by atoms with Gasteiger partial charge in [0.1, 0.15) is 17.8 Å². The first-order chi connectivity index (χ1) is 18.6. The molecule has 4 aliphatic heterocycles. The van der Waals surface area contributed by atoms with E-state index in [1.807, 2.05) is 59.7 Å². The Balaban J connectivity index is 1.80. The number of aliphatic hydroxyl groups is 2. The Labute approximate surface area is 239 Å². The average Bonchev–Trinajstić information content (AvgIpc) is 3.32. The molecule has 10 heteroatoms. The van der Waals surface area contributed by atoms with Crippen LogP contribution in [-0.2, 0) is 33.2 Å². The van der Waals surface area contributed by atoms with E-state index in [1.54, 1.807) is 14.0 Å². The minimum absolute atomic E-state index is 0.117. The Morgan fingerprint density at radius 1 is 1.10 bits per heavy atom. The fraction of sp³-hybridized carbons (Fsp3) is 0.900. The minimum Gasteiger partial charge on any atom is -0.459 e. The van der Waals surface area contributed by atoms with E-state index in [0.717, 1.165) is 5.57 Å². The summed E-state index contributed by atoms with van der Waals surface area (Å²) in [5.74, 6) is -3.17. The quantitative estimate of drug-likeness (QED) is 0.365. The van der Waals surface area contributed by atoms with Crippen LogP contribution in [0.25, 0.3) is 0 Å². The van der Waals surface area contributed by atoms with Gasteiger partial charge in [0, 0.05) is 30.6 Å². The number of likely N-dealkylation sites (N-methyl/N-ethyl adjacent to an activating group) is 1. The van der Waals surface area contributed by atoms with Gasteiger partial charge >= 0.3 is 5.97 Å². The van der Waals surface area contributed by atoms with E-state index in [1.165, 1.54) is 0 Å². The second-order valence-corrected chi connectivity index (χ2v) is 13.2. The van der Waals surface area contributed by atoms with Crippen molar-refractivity contribution in [2.45, 2.75) is 128 Å². The van der Waals surface area contributed by atoms with Gasteiger partial charge < -0.3 is 43.5 Å². The summed E-state index contributed by atoms with van der Waals surface area (Å²) >= 11 is 0. The molecule has 230 valence electrons. The highest BCUT2D eigenvalue weighted by Crippen LogP contribution is 2.56. The van der Waals surface area contributed by atoms with Gasteiger partial charge in [-0.1, -0.05) is 20.8 Å². The van der Waals surface area contributed by atoms with Gasteiger partial charge in [-0.15, -0.1) is 0 Å². The molecule has 0 saturated carbocycles. The van der Waals surface area contributed by atoms with Crippen LogP contribution in [-0.4, -0.2) is 109 Å². The first kappa shape index (κ1) is 31.8. The molecule has 40 heavy (non-hydrogen) atoms. The molecule has 1 spiro atoms. The lowest BCUT2D eigenvalue weighted by atomic mass is 9.78. The molecule has 4 heterocycles. The van der Waals surface area contributed by atoms with Crippen LogP contribution in [0.1, 0.15) is 67.7 Å². The fourth-order valence-corrected chi connectivity index (χ4v) is 7.48. The molecule has 0 aromatic rings. The summed E-state index contributed by atoms with van der Waals surface area (Å²) in [5, 5.41) is 22.9. The lowest BCUT2D eigenvalue weighted by Crippen LogP contribution is -2.59. The molecule has 10 nitrogen and oxygen atoms in total. The topological polar surface area (TPSA) is 116 Å². The maximum absolute atomic E-state index is 13.4. The van der Waals surface area contributed by atoms with Gasteiger partial charge in [-0.3, -0.25) is 4.79 Å². The third-order valence-corrected chi connectivity index (χ3v) is 9.65. The zero-order valence-corrected chi connectivity index (χ0v) is 25.9. The molecule has 13 atom stereocenters. The highest BCUT2D eigenvalue weighted by atomic mass is 16.8. The summed E-state index contributed by atoms with van der Waals surface area (Å²) in [6.07, 6.45) is -0.753. The van der Waals surface area contributed by atoms with E-state index >= 15 is 0 Å². The highest BCUT2D eigenvalue weighted by molar-refractivity contribution is 5.73. The fourth-order valence-electron chi connectivity index (χ4n) is 7.48. The number of fused-ring (bicyclic) bond motifs is 2. The summed E-state index contributed by atoms with van der Waals surface area (Å²) in [6, 6.07) is -0.169. The molecule has 3 saturated heterocycles. The second kappa shape index (κ2) is 11.5. The Hall–Kier alpha value is -1.11. The largest absolute Gasteiger partial charge is 0.459 e. The number of cyclic esters (lactones) is 1. The van der Waals surface area contributed by atoms with Crippen molar-refractivity contribution in [2.24, 2.45) is 17.8 Å². The van der Waals surface area contributed by atoms with Crippen molar-refractivity contribution in [3.8, 4) is 0 Å². The number of esters is 1. The van der Waals surface area contributed by atoms with E-state index in [2.05, 4.69) is 6.92 Å². The van der Waals surface area contributed by atoms with Crippen LogP contribution in [0.15, 0.2) is 11.6 Å². The van der Waals surface area contributed by atoms with Crippen molar-refractivity contribution in [1.29, 1.82) is 0 Å². The molecule has 0 radical (unpaired) electrons. The van der Waals surface area contributed by atoms with E-state index in [9.17, 15) is 15.0 Å². The molecule has 3 bridgehead atoms. The molecular weight excluding hydrogens is 518 g/mol. The Morgan fingerprint density at radius 3 is 2.38 bits per heavy atom. The predicted molar refractivity (Wildman–Crippen MR) is 147 cm³/mol. The van der Waals surface area contributed by atoms with Gasteiger partial charge in [-0.25, -0.2) is 0 Å². The van der Waals surface area contributed by atoms with Gasteiger partial charge in [-0.05, 0) is 67.1 Å². The van der Waals surface area contributed by atoms with Gasteiger partial charge in [0.15, 0.2) is 12.1 Å². The number of carbonyl (C=O) groups excluding carboxylic acids is 1. The SMILES string of the molecule is CC[C@H]1OC(=O)[C@H](C)[C@@H](O)[C@H](C)[C@@H](O[C@@H]2O[C@H](C)C[C@H](N(C)C)[C@H]2O)C2(C)C[C@@H](C)C3(OC1(C)C=C3COC)O2. The van der Waals surface area contributed by atoms with Crippen molar-refractivity contribution >= 4 is 5.97 Å². The van der Waals surface area contributed by atoms with Gasteiger partial charge in [-0.2, -0.15) is 0 Å². The maximum atomic E-state index is 13.4. The summed E-state index contributed by atoms with van der Waals surface area (Å²) in [5.41, 5.74) is -1.08. The van der Waals surface area contributed by atoms with Crippen LogP contribution in [0.4, 0.5) is 0 Å². The standard InChI is InChI=1S/C30H51NO9/c1-11-22-28(6)14-20(15-35-10)30(39-28)16(2)13-29(7,40-30)25(18(4)23(32)19(5)26(34)37-22)38-27-24(33)21(31(8)9)12-17(3)36-27/h14,16-19,21-25,27,32-33H,11-13,15H2,1-10H3/t16-,17-,18+,19-,21+,22-,23+,24-,25-,27+,28?,29?,30?/m1/s1. The zero-order valence-electron chi connectivity index (χ0n) is 25.9. The Kier molecular flexibility index (Phi) is 9.17. The Bertz CT molecular complexity index is 959. The molecular formula is C30H51NO9. The molecule has 2 N–H and O–H groups in total. The van der Waals surface area contributed by atoms with Crippen LogP contribution in [0.3, 0.4) is 0 Å². The number of hydrogen-bond donors (Lipinski definition) is 2. The molecule has 0 aliphatic carbocycles. The van der Waals surface area contributed by atoms with Crippen LogP contribution in [0.2, 0.25) is 0 Å². The number of aliphatic hydroxyl groups excluding tert-OH is 2. The van der Waals surface area contributed by atoms with E-state index in [-0.39, 0.29) is 24.7 Å². The average molecular weight is 570 g/mol. The molecule has 0 aromatic heterocycles. The molecule has 0 amide bonds. The number of rotatable bonds is 6. The lowest BCUT2D eigenvalue weighted by molar-refractivity contribution is -0.328. The number of hydrogen-bond acceptors (Lipinski definition) is 10. The number of carbonyl (C=O) groups is 1. The summed E-state index contributed by atoms with van der Waals surface area (Å²) in [7, 11) is 5.48. The van der Waals surface area contributed by atoms with Crippen molar-refractivity contribution in [2.75, 3.05) is 27.8 Å². The van der Waals surface area contributed by atoms with Crippen LogP contribution in [0, 0.1) is 17.8 Å². The summed E-state index contributed by atoms with van der Waals surface area (Å²) in [6.45, 7) is 13.6. The number of ether oxygens (including phenoxy) is 6. The van der Waals surface area contributed by atoms with Crippen LogP contribution < -0.4 is 0 Å². The zero-order chi connectivity index (χ0) is 29.8. The third kappa shape index (κ3) is 5.39. The number of nitrogens with zero attached hydrogens (tertiary/aromatic N) is 1. The summed E-state index contributed by atoms with van der Waals surface area (Å²) in [4.78, 5) is 15.4. The second-order valence-electron chi connectivity index (χ2n) is 13.2. The van der Waals surface area contributed by atoms with Crippen molar-refractivity contribution in [1.82, 2.24) is 4.90 Å². The van der Waals surface area contributed by atoms with Crippen molar-refractivity contribution in [3.05, 3.63) is 11.6 Å². The van der Waals surface area contributed by atoms with Gasteiger partial charge in [0.05, 0.1) is 36.4 Å². The first-order valence-electron chi connectivity index (χ1n) is 14.8. The number of methoxy groups -OCH3 is 1. The van der Waals surface area contributed by atoms with Crippen molar-refractivity contribution in [3.63, 3.8) is 0 Å². The minimum atomic E-state index is -1.14. The van der Waals surface area contributed by atoms with Gasteiger partial charge in [0.25, 0.3) is 0 Å². The van der Waals surface area contributed by atoms with Crippen LogP contribution >= 0.6 is 0 Å². The molecule has 4 rings (SSSR count). The van der Waals surface area contributed by atoms with E-state index in [4.69, 9.17) is 28.4 Å². The maximum Gasteiger partial charge on any atom is 0.311 e. The smallest absolute Gasteiger partial charge is 0.311 e. The van der Waals surface area contributed by atoms with Crippen molar-refractivity contribution < 1.29 is 43.4 Å². The van der Waals surface area contributed by atoms with E-state index < -0.39 is 65.5 Å². The molecule has 3 fully saturated rings.